The molecule has 0 saturated carbocycles. The van der Waals surface area contributed by atoms with Crippen LogP contribution in [0.1, 0.15) is 10.4 Å². The second-order valence-corrected chi connectivity index (χ2v) is 7.24. The molecule has 1 aliphatic rings. The molecule has 0 unspecified atom stereocenters. The highest BCUT2D eigenvalue weighted by Crippen LogP contribution is 2.39. The Kier molecular flexibility index (Phi) is 3.59. The average molecular weight is 322 g/mol. The maximum atomic E-state index is 11.8. The van der Waals surface area contributed by atoms with Crippen molar-refractivity contribution in [2.45, 2.75) is 0 Å². The van der Waals surface area contributed by atoms with Gasteiger partial charge in [0, 0.05) is 12.8 Å². The van der Waals surface area contributed by atoms with Gasteiger partial charge in [0.05, 0.1) is 27.0 Å². The van der Waals surface area contributed by atoms with E-state index in [1.165, 1.54) is 12.1 Å². The first kappa shape index (κ1) is 14.3. The number of hydrogen-bond donors (Lipinski definition) is 0. The van der Waals surface area contributed by atoms with Crippen LogP contribution >= 0.6 is 23.2 Å². The first-order valence-corrected chi connectivity index (χ1v) is 8.06. The first-order chi connectivity index (χ1) is 8.72. The minimum absolute atomic E-state index is 0.0349. The highest BCUT2D eigenvalue weighted by molar-refractivity contribution is 7.90. The van der Waals surface area contributed by atoms with Gasteiger partial charge in [-0.15, -0.1) is 0 Å². The Hall–Kier alpha value is -1.11. The van der Waals surface area contributed by atoms with E-state index in [4.69, 9.17) is 23.2 Å². The molecule has 1 amide bonds. The number of amides is 1. The maximum absolute atomic E-state index is 11.8. The van der Waals surface area contributed by atoms with Crippen molar-refractivity contribution in [1.29, 1.82) is 0 Å². The van der Waals surface area contributed by atoms with Gasteiger partial charge >= 0.3 is 0 Å². The molecule has 5 nitrogen and oxygen atoms in total. The van der Waals surface area contributed by atoms with Crippen LogP contribution < -0.4 is 4.90 Å². The highest BCUT2D eigenvalue weighted by Gasteiger charge is 2.39. The van der Waals surface area contributed by atoms with E-state index >= 15 is 0 Å². The van der Waals surface area contributed by atoms with Gasteiger partial charge in [-0.1, -0.05) is 23.2 Å². The van der Waals surface area contributed by atoms with Gasteiger partial charge in [-0.2, -0.15) is 0 Å². The summed E-state index contributed by atoms with van der Waals surface area (Å²) in [6.45, 7) is -0.129. The maximum Gasteiger partial charge on any atom is 0.299 e. The predicted molar refractivity (Wildman–Crippen MR) is 72.9 cm³/mol. The molecule has 0 fully saturated rings. The fourth-order valence-corrected chi connectivity index (χ4v) is 2.83. The third-order valence-electron chi connectivity index (χ3n) is 2.70. The van der Waals surface area contributed by atoms with Crippen LogP contribution in [0, 0.1) is 0 Å². The van der Waals surface area contributed by atoms with Crippen LogP contribution in [0.25, 0.3) is 0 Å². The Labute approximate surface area is 120 Å². The molecule has 1 heterocycles. The van der Waals surface area contributed by atoms with Gasteiger partial charge in [-0.25, -0.2) is 8.42 Å². The van der Waals surface area contributed by atoms with Gasteiger partial charge in [-0.05, 0) is 12.1 Å². The molecule has 0 radical (unpaired) electrons. The van der Waals surface area contributed by atoms with Crippen LogP contribution in [0.15, 0.2) is 12.1 Å². The molecule has 0 N–H and O–H groups in total. The molecule has 2 rings (SSSR count). The second kappa shape index (κ2) is 4.77. The number of benzene rings is 1. The van der Waals surface area contributed by atoms with E-state index in [1.54, 1.807) is 0 Å². The van der Waals surface area contributed by atoms with Crippen LogP contribution in [0.5, 0.6) is 0 Å². The topological polar surface area (TPSA) is 71.5 Å². The summed E-state index contributed by atoms with van der Waals surface area (Å²) in [6.07, 6.45) is 1.05. The Bertz CT molecular complexity index is 684. The SMILES string of the molecule is CS(=O)(=O)CCN1C(=O)C(=O)c2c(Cl)ccc(Cl)c21. The van der Waals surface area contributed by atoms with E-state index in [-0.39, 0.29) is 33.6 Å². The summed E-state index contributed by atoms with van der Waals surface area (Å²) in [5.74, 6) is -1.83. The van der Waals surface area contributed by atoms with Crippen molar-refractivity contribution in [3.8, 4) is 0 Å². The van der Waals surface area contributed by atoms with Crippen LogP contribution in [0.2, 0.25) is 10.0 Å². The standard InChI is InChI=1S/C11H9Cl2NO4S/c1-19(17,18)5-4-14-9-7(13)3-2-6(12)8(9)10(15)11(14)16/h2-3H,4-5H2,1H3. The number of carbonyl (C=O) groups is 2. The summed E-state index contributed by atoms with van der Waals surface area (Å²) in [4.78, 5) is 24.7. The van der Waals surface area contributed by atoms with E-state index in [0.717, 1.165) is 11.2 Å². The van der Waals surface area contributed by atoms with Gasteiger partial charge in [0.2, 0.25) is 0 Å². The van der Waals surface area contributed by atoms with Crippen LogP contribution in [-0.2, 0) is 14.6 Å². The molecular formula is C11H9Cl2NO4S. The van der Waals surface area contributed by atoms with Crippen molar-refractivity contribution in [1.82, 2.24) is 0 Å². The highest BCUT2D eigenvalue weighted by atomic mass is 35.5. The minimum Gasteiger partial charge on any atom is -0.302 e. The summed E-state index contributed by atoms with van der Waals surface area (Å²) in [5, 5.41) is 0.312. The van der Waals surface area contributed by atoms with Crippen molar-refractivity contribution in [2.24, 2.45) is 0 Å². The molecule has 0 spiro atoms. The molecule has 0 aromatic heterocycles. The zero-order chi connectivity index (χ0) is 14.4. The van der Waals surface area contributed by atoms with E-state index in [0.29, 0.717) is 0 Å². The molecule has 1 aliphatic heterocycles. The number of fused-ring (bicyclic) bond motifs is 1. The number of hydrogen-bond acceptors (Lipinski definition) is 4. The lowest BCUT2D eigenvalue weighted by atomic mass is 10.1. The zero-order valence-corrected chi connectivity index (χ0v) is 12.1. The van der Waals surface area contributed by atoms with Gasteiger partial charge in [0.15, 0.2) is 0 Å². The number of halogens is 2. The third kappa shape index (κ3) is 2.61. The lowest BCUT2D eigenvalue weighted by Crippen LogP contribution is -2.34. The second-order valence-electron chi connectivity index (χ2n) is 4.17. The van der Waals surface area contributed by atoms with Gasteiger partial charge in [0.1, 0.15) is 9.84 Å². The average Bonchev–Trinajstić information content (AvgIpc) is 2.55. The molecule has 1 aromatic rings. The Morgan fingerprint density at radius 3 is 2.32 bits per heavy atom. The summed E-state index contributed by atoms with van der Waals surface area (Å²) < 4.78 is 22.3. The largest absolute Gasteiger partial charge is 0.302 e. The number of sulfone groups is 1. The van der Waals surface area contributed by atoms with Crippen LogP contribution in [0.3, 0.4) is 0 Å². The summed E-state index contributed by atoms with van der Waals surface area (Å²) >= 11 is 11.8. The molecule has 0 aliphatic carbocycles. The number of anilines is 1. The molecule has 0 saturated heterocycles. The van der Waals surface area contributed by atoms with E-state index < -0.39 is 21.5 Å². The van der Waals surface area contributed by atoms with Crippen molar-refractivity contribution in [3.63, 3.8) is 0 Å². The lowest BCUT2D eigenvalue weighted by molar-refractivity contribution is -0.114. The smallest absolute Gasteiger partial charge is 0.299 e. The zero-order valence-electron chi connectivity index (χ0n) is 9.81. The Morgan fingerprint density at radius 2 is 1.74 bits per heavy atom. The summed E-state index contributed by atoms with van der Waals surface area (Å²) in [7, 11) is -3.26. The molecule has 0 atom stereocenters. The normalized spacial score (nSPS) is 15.0. The van der Waals surface area contributed by atoms with E-state index in [9.17, 15) is 18.0 Å². The van der Waals surface area contributed by atoms with Crippen molar-refractivity contribution < 1.29 is 18.0 Å². The van der Waals surface area contributed by atoms with Crippen molar-refractivity contribution in [2.75, 3.05) is 23.5 Å². The Balaban J connectivity index is 2.47. The van der Waals surface area contributed by atoms with Gasteiger partial charge in [-0.3, -0.25) is 9.59 Å². The Morgan fingerprint density at radius 1 is 1.16 bits per heavy atom. The lowest BCUT2D eigenvalue weighted by Gasteiger charge is -2.17. The molecule has 19 heavy (non-hydrogen) atoms. The van der Waals surface area contributed by atoms with Gasteiger partial charge in [0.25, 0.3) is 11.7 Å². The quantitative estimate of drug-likeness (QED) is 0.792. The molecular weight excluding hydrogens is 313 g/mol. The van der Waals surface area contributed by atoms with Gasteiger partial charge < -0.3 is 4.90 Å². The predicted octanol–water partition coefficient (Wildman–Crippen LogP) is 1.57. The molecule has 1 aromatic carbocycles. The van der Waals surface area contributed by atoms with Crippen LogP contribution in [-0.4, -0.2) is 38.7 Å². The van der Waals surface area contributed by atoms with E-state index in [1.807, 2.05) is 0 Å². The van der Waals surface area contributed by atoms with Crippen molar-refractivity contribution >= 4 is 50.4 Å². The number of ketones is 1. The number of Topliss-reactive ketones (excluding diaryl/α,β-unsaturated/α-hetero) is 1. The number of rotatable bonds is 3. The number of carbonyl (C=O) groups excluding carboxylic acids is 2. The molecule has 0 bridgehead atoms. The van der Waals surface area contributed by atoms with Crippen molar-refractivity contribution in [3.05, 3.63) is 27.7 Å². The number of nitrogens with zero attached hydrogens (tertiary/aromatic N) is 1. The fourth-order valence-electron chi connectivity index (χ4n) is 1.82. The van der Waals surface area contributed by atoms with E-state index in [2.05, 4.69) is 0 Å². The summed E-state index contributed by atoms with van der Waals surface area (Å²) in [5.41, 5.74) is 0.223. The minimum atomic E-state index is -3.26. The monoisotopic (exact) mass is 321 g/mol. The fraction of sp³-hybridized carbons (Fsp3) is 0.273. The molecule has 102 valence electrons. The molecule has 8 heteroatoms. The third-order valence-corrected chi connectivity index (χ3v) is 4.24. The van der Waals surface area contributed by atoms with Crippen LogP contribution in [0.4, 0.5) is 5.69 Å². The first-order valence-electron chi connectivity index (χ1n) is 5.24. The summed E-state index contributed by atoms with van der Waals surface area (Å²) in [6, 6.07) is 2.88.